The molecule has 0 unspecified atom stereocenters. The van der Waals surface area contributed by atoms with Gasteiger partial charge in [0.25, 0.3) is 0 Å². The van der Waals surface area contributed by atoms with E-state index in [1.807, 2.05) is 30.3 Å². The molecule has 5 heteroatoms. The zero-order valence-electron chi connectivity index (χ0n) is 9.44. The number of pyridine rings is 1. The Morgan fingerprint density at radius 3 is 2.67 bits per heavy atom. The number of nitrogens with zero attached hydrogens (tertiary/aromatic N) is 1. The van der Waals surface area contributed by atoms with E-state index in [1.165, 1.54) is 0 Å². The molecule has 18 heavy (non-hydrogen) atoms. The van der Waals surface area contributed by atoms with Gasteiger partial charge < -0.3 is 9.84 Å². The van der Waals surface area contributed by atoms with Crippen LogP contribution in [0.2, 0.25) is 0 Å². The Morgan fingerprint density at radius 1 is 1.17 bits per heavy atom. The van der Waals surface area contributed by atoms with E-state index in [0.717, 1.165) is 20.2 Å². The molecule has 1 N–H and O–H groups in total. The number of ether oxygens (including phenoxy) is 1. The number of para-hydroxylation sites is 1. The number of aromatic nitrogens is 1. The van der Waals surface area contributed by atoms with Crippen molar-refractivity contribution < 1.29 is 9.84 Å². The summed E-state index contributed by atoms with van der Waals surface area (Å²) < 4.78 is 7.46. The van der Waals surface area contributed by atoms with E-state index in [0.29, 0.717) is 12.4 Å². The van der Waals surface area contributed by atoms with E-state index < -0.39 is 0 Å². The van der Waals surface area contributed by atoms with Crippen molar-refractivity contribution in [2.75, 3.05) is 0 Å². The lowest BCUT2D eigenvalue weighted by Crippen LogP contribution is -2.01. The van der Waals surface area contributed by atoms with Crippen molar-refractivity contribution in [2.24, 2.45) is 0 Å². The zero-order valence-corrected chi connectivity index (χ0v) is 12.6. The molecule has 1 aromatic heterocycles. The van der Waals surface area contributed by atoms with Crippen LogP contribution in [0.4, 0.5) is 0 Å². The fourth-order valence-corrected chi connectivity index (χ4v) is 2.23. The molecule has 0 atom stereocenters. The molecule has 1 heterocycles. The molecular weight excluding hydrogens is 362 g/mol. The normalized spacial score (nSPS) is 10.4. The highest BCUT2D eigenvalue weighted by Crippen LogP contribution is 2.29. The van der Waals surface area contributed by atoms with Crippen LogP contribution in [-0.4, -0.2) is 10.1 Å². The standard InChI is InChI=1S/C13H11Br2NO2/c14-10-4-5-11(16-6-10)8-18-13-9(7-17)2-1-3-12(13)15/h1-6,17H,7-8H2. The van der Waals surface area contributed by atoms with Crippen molar-refractivity contribution in [3.8, 4) is 5.75 Å². The van der Waals surface area contributed by atoms with Gasteiger partial charge in [0.15, 0.2) is 0 Å². The lowest BCUT2D eigenvalue weighted by molar-refractivity contribution is 0.256. The van der Waals surface area contributed by atoms with E-state index in [9.17, 15) is 5.11 Å². The molecule has 0 bridgehead atoms. The van der Waals surface area contributed by atoms with Crippen molar-refractivity contribution in [3.05, 3.63) is 56.7 Å². The van der Waals surface area contributed by atoms with Gasteiger partial charge in [-0.15, -0.1) is 0 Å². The smallest absolute Gasteiger partial charge is 0.139 e. The molecule has 0 aliphatic carbocycles. The van der Waals surface area contributed by atoms with Crippen LogP contribution in [0.5, 0.6) is 5.75 Å². The van der Waals surface area contributed by atoms with Gasteiger partial charge >= 0.3 is 0 Å². The van der Waals surface area contributed by atoms with E-state index >= 15 is 0 Å². The predicted molar refractivity (Wildman–Crippen MR) is 76.3 cm³/mol. The van der Waals surface area contributed by atoms with Crippen LogP contribution in [0.3, 0.4) is 0 Å². The minimum Gasteiger partial charge on any atom is -0.486 e. The Labute approximate surface area is 122 Å². The summed E-state index contributed by atoms with van der Waals surface area (Å²) in [5.41, 5.74) is 1.58. The Morgan fingerprint density at radius 2 is 2.00 bits per heavy atom. The second-order valence-corrected chi connectivity index (χ2v) is 5.41. The minimum atomic E-state index is -0.0530. The van der Waals surface area contributed by atoms with Gasteiger partial charge in [0.1, 0.15) is 12.4 Å². The van der Waals surface area contributed by atoms with Gasteiger partial charge in [0.2, 0.25) is 0 Å². The van der Waals surface area contributed by atoms with Crippen LogP contribution >= 0.6 is 31.9 Å². The average Bonchev–Trinajstić information content (AvgIpc) is 2.39. The van der Waals surface area contributed by atoms with Crippen LogP contribution in [0.25, 0.3) is 0 Å². The van der Waals surface area contributed by atoms with Crippen molar-refractivity contribution in [3.63, 3.8) is 0 Å². The Bertz CT molecular complexity index is 529. The van der Waals surface area contributed by atoms with Gasteiger partial charge in [-0.1, -0.05) is 12.1 Å². The Kier molecular flexibility index (Phi) is 4.74. The van der Waals surface area contributed by atoms with E-state index in [4.69, 9.17) is 4.74 Å². The van der Waals surface area contributed by atoms with Gasteiger partial charge in [-0.3, -0.25) is 4.98 Å². The molecule has 2 aromatic rings. The fourth-order valence-electron chi connectivity index (χ4n) is 1.48. The summed E-state index contributed by atoms with van der Waals surface area (Å²) in [4.78, 5) is 4.23. The summed E-state index contributed by atoms with van der Waals surface area (Å²) >= 11 is 6.74. The summed E-state index contributed by atoms with van der Waals surface area (Å²) in [7, 11) is 0. The molecule has 2 rings (SSSR count). The van der Waals surface area contributed by atoms with Crippen molar-refractivity contribution in [2.45, 2.75) is 13.2 Å². The minimum absolute atomic E-state index is 0.0530. The molecule has 0 saturated carbocycles. The fraction of sp³-hybridized carbons (Fsp3) is 0.154. The molecule has 1 aromatic carbocycles. The first kappa shape index (κ1) is 13.5. The molecule has 0 aliphatic rings. The lowest BCUT2D eigenvalue weighted by Gasteiger charge is -2.11. The average molecular weight is 373 g/mol. The van der Waals surface area contributed by atoms with Gasteiger partial charge in [0, 0.05) is 16.2 Å². The van der Waals surface area contributed by atoms with Crippen LogP contribution in [0.15, 0.2) is 45.5 Å². The topological polar surface area (TPSA) is 42.4 Å². The van der Waals surface area contributed by atoms with Crippen LogP contribution < -0.4 is 4.74 Å². The summed E-state index contributed by atoms with van der Waals surface area (Å²) in [6.07, 6.45) is 1.73. The van der Waals surface area contributed by atoms with Crippen LogP contribution in [0.1, 0.15) is 11.3 Å². The monoisotopic (exact) mass is 371 g/mol. The van der Waals surface area contributed by atoms with E-state index in [2.05, 4.69) is 36.8 Å². The van der Waals surface area contributed by atoms with Gasteiger partial charge in [-0.25, -0.2) is 0 Å². The number of benzene rings is 1. The maximum Gasteiger partial charge on any atom is 0.139 e. The van der Waals surface area contributed by atoms with E-state index in [1.54, 1.807) is 6.20 Å². The summed E-state index contributed by atoms with van der Waals surface area (Å²) in [5, 5.41) is 9.25. The number of rotatable bonds is 4. The number of halogens is 2. The molecule has 0 spiro atoms. The lowest BCUT2D eigenvalue weighted by atomic mass is 10.2. The number of aliphatic hydroxyl groups excluding tert-OH is 1. The molecule has 0 amide bonds. The highest BCUT2D eigenvalue weighted by molar-refractivity contribution is 9.10. The molecule has 94 valence electrons. The number of hydrogen-bond donors (Lipinski definition) is 1. The van der Waals surface area contributed by atoms with Crippen LogP contribution in [0, 0.1) is 0 Å². The quantitative estimate of drug-likeness (QED) is 0.890. The molecule has 3 nitrogen and oxygen atoms in total. The van der Waals surface area contributed by atoms with E-state index in [-0.39, 0.29) is 6.61 Å². The third-order valence-electron chi connectivity index (χ3n) is 2.37. The molecular formula is C13H11Br2NO2. The zero-order chi connectivity index (χ0) is 13.0. The summed E-state index contributed by atoms with van der Waals surface area (Å²) in [6.45, 7) is 0.311. The molecule has 0 aliphatic heterocycles. The Balaban J connectivity index is 2.12. The second-order valence-electron chi connectivity index (χ2n) is 3.64. The largest absolute Gasteiger partial charge is 0.486 e. The maximum absolute atomic E-state index is 9.25. The van der Waals surface area contributed by atoms with Crippen molar-refractivity contribution >= 4 is 31.9 Å². The number of aliphatic hydroxyl groups is 1. The van der Waals surface area contributed by atoms with Gasteiger partial charge in [0.05, 0.1) is 16.8 Å². The first-order valence-corrected chi connectivity index (χ1v) is 6.91. The van der Waals surface area contributed by atoms with Gasteiger partial charge in [-0.05, 0) is 50.1 Å². The highest BCUT2D eigenvalue weighted by atomic mass is 79.9. The molecule has 0 radical (unpaired) electrons. The highest BCUT2D eigenvalue weighted by Gasteiger charge is 2.07. The van der Waals surface area contributed by atoms with Crippen LogP contribution in [-0.2, 0) is 13.2 Å². The molecule has 0 saturated heterocycles. The summed E-state index contributed by atoms with van der Waals surface area (Å²) in [5.74, 6) is 0.657. The third-order valence-corrected chi connectivity index (χ3v) is 3.47. The maximum atomic E-state index is 9.25. The Hall–Kier alpha value is -0.910. The van der Waals surface area contributed by atoms with Crippen molar-refractivity contribution in [1.82, 2.24) is 4.98 Å². The second kappa shape index (κ2) is 6.31. The number of hydrogen-bond acceptors (Lipinski definition) is 3. The van der Waals surface area contributed by atoms with Gasteiger partial charge in [-0.2, -0.15) is 0 Å². The van der Waals surface area contributed by atoms with Crippen molar-refractivity contribution in [1.29, 1.82) is 0 Å². The first-order chi connectivity index (χ1) is 8.70. The first-order valence-electron chi connectivity index (χ1n) is 5.32. The summed E-state index contributed by atoms with van der Waals surface area (Å²) in [6, 6.07) is 9.37. The molecule has 0 fully saturated rings. The SMILES string of the molecule is OCc1cccc(Br)c1OCc1ccc(Br)cn1. The third kappa shape index (κ3) is 3.31. The predicted octanol–water partition coefficient (Wildman–Crippen LogP) is 3.68.